The molecular weight excluding hydrogens is 353 g/mol. The molecule has 0 aromatic heterocycles. The van der Waals surface area contributed by atoms with Crippen molar-refractivity contribution < 1.29 is 9.90 Å². The minimum atomic E-state index is -0.757. The number of aliphatic carboxylic acids is 1. The topological polar surface area (TPSA) is 37.3 Å². The predicted molar refractivity (Wildman–Crippen MR) is 64.6 cm³/mol. The summed E-state index contributed by atoms with van der Waals surface area (Å²) >= 11 is 0. The zero-order valence-corrected chi connectivity index (χ0v) is 14.5. The molecule has 0 spiro atoms. The molecule has 0 aliphatic heterocycles. The van der Waals surface area contributed by atoms with E-state index < -0.39 is 11.4 Å². The van der Waals surface area contributed by atoms with Crippen molar-refractivity contribution in [2.45, 2.75) is 20.8 Å². The van der Waals surface area contributed by atoms with Gasteiger partial charge in [0, 0.05) is 0 Å². The minimum absolute atomic E-state index is 0. The number of carbonyl (C=O) groups is 1. The SMILES string of the molecule is CC(C)(C)C(=O)O.Cl.Cl.Cl.Cl.[SnH2]. The zero-order chi connectivity index (χ0) is 6.08. The number of rotatable bonds is 0. The van der Waals surface area contributed by atoms with Gasteiger partial charge in [0.1, 0.15) is 0 Å². The van der Waals surface area contributed by atoms with Crippen LogP contribution in [0, 0.1) is 5.41 Å². The fraction of sp³-hybridized carbons (Fsp3) is 0.800. The molecule has 0 atom stereocenters. The van der Waals surface area contributed by atoms with Gasteiger partial charge in [-0.15, -0.1) is 49.6 Å². The first kappa shape index (κ1) is 37.6. The molecule has 0 amide bonds. The molecule has 2 nitrogen and oxygen atoms in total. The van der Waals surface area contributed by atoms with Crippen LogP contribution in [0.2, 0.25) is 0 Å². The summed E-state index contributed by atoms with van der Waals surface area (Å²) in [5.41, 5.74) is -0.583. The molecule has 7 heteroatoms. The molecule has 0 unspecified atom stereocenters. The van der Waals surface area contributed by atoms with E-state index in [0.29, 0.717) is 0 Å². The van der Waals surface area contributed by atoms with Crippen LogP contribution in [-0.2, 0) is 4.79 Å². The molecule has 1 N–H and O–H groups in total. The zero-order valence-electron chi connectivity index (χ0n) is 7.20. The number of carboxylic acid groups (broad SMARTS) is 1. The molecule has 12 heavy (non-hydrogen) atoms. The quantitative estimate of drug-likeness (QED) is 0.663. The second-order valence-electron chi connectivity index (χ2n) is 2.56. The van der Waals surface area contributed by atoms with Crippen LogP contribution >= 0.6 is 49.6 Å². The van der Waals surface area contributed by atoms with Gasteiger partial charge >= 0.3 is 29.9 Å². The molecule has 80 valence electrons. The third kappa shape index (κ3) is 22.5. The van der Waals surface area contributed by atoms with E-state index in [4.69, 9.17) is 5.11 Å². The number of hydrogen-bond acceptors (Lipinski definition) is 1. The van der Waals surface area contributed by atoms with Crippen LogP contribution in [0.3, 0.4) is 0 Å². The van der Waals surface area contributed by atoms with Crippen LogP contribution in [0.4, 0.5) is 0 Å². The Bertz CT molecular complexity index is 93.9. The summed E-state index contributed by atoms with van der Waals surface area (Å²) in [6.45, 7) is 4.99. The standard InChI is InChI=1S/C5H10O2.4ClH.Sn.2H/c1-5(2,3)4(6)7;;;;;;;/h1-3H3,(H,6,7);4*1H;;;. The van der Waals surface area contributed by atoms with Crippen molar-refractivity contribution in [1.82, 2.24) is 0 Å². The van der Waals surface area contributed by atoms with Crippen molar-refractivity contribution in [3.05, 3.63) is 0 Å². The van der Waals surface area contributed by atoms with Crippen molar-refractivity contribution in [3.8, 4) is 0 Å². The van der Waals surface area contributed by atoms with E-state index in [1.165, 1.54) is 0 Å². The van der Waals surface area contributed by atoms with E-state index >= 15 is 0 Å². The van der Waals surface area contributed by atoms with E-state index in [1.807, 2.05) is 0 Å². The molecule has 0 aromatic rings. The van der Waals surface area contributed by atoms with Gasteiger partial charge in [0.2, 0.25) is 0 Å². The average Bonchev–Trinajstić information content (AvgIpc) is 1.31. The maximum absolute atomic E-state index is 10.0. The molecule has 0 fully saturated rings. The van der Waals surface area contributed by atoms with Crippen molar-refractivity contribution in [1.29, 1.82) is 0 Å². The Hall–Kier alpha value is 1.43. The fourth-order valence-electron chi connectivity index (χ4n) is 0. The molecule has 0 saturated heterocycles. The summed E-state index contributed by atoms with van der Waals surface area (Å²) in [7, 11) is 0. The van der Waals surface area contributed by atoms with Crippen LogP contribution in [-0.4, -0.2) is 35.0 Å². The monoisotopic (exact) mass is 368 g/mol. The van der Waals surface area contributed by atoms with Crippen molar-refractivity contribution in [3.63, 3.8) is 0 Å². The molecule has 0 rings (SSSR count). The Morgan fingerprint density at radius 3 is 1.08 bits per heavy atom. The van der Waals surface area contributed by atoms with Crippen LogP contribution in [0.5, 0.6) is 0 Å². The van der Waals surface area contributed by atoms with Gasteiger partial charge in [-0.1, -0.05) is 0 Å². The Morgan fingerprint density at radius 1 is 1.00 bits per heavy atom. The van der Waals surface area contributed by atoms with Gasteiger partial charge in [-0.25, -0.2) is 0 Å². The third-order valence-electron chi connectivity index (χ3n) is 0.642. The first-order chi connectivity index (χ1) is 2.94. The van der Waals surface area contributed by atoms with E-state index in [1.54, 1.807) is 20.8 Å². The first-order valence-electron chi connectivity index (χ1n) is 2.18. The fourth-order valence-corrected chi connectivity index (χ4v) is 0. The van der Waals surface area contributed by atoms with Gasteiger partial charge in [0.25, 0.3) is 0 Å². The number of hydrogen-bond donors (Lipinski definition) is 1. The van der Waals surface area contributed by atoms with Crippen molar-refractivity contribution in [2.24, 2.45) is 5.41 Å². The normalized spacial score (nSPS) is 6.58. The van der Waals surface area contributed by atoms with Crippen LogP contribution in [0.15, 0.2) is 0 Å². The van der Waals surface area contributed by atoms with Crippen LogP contribution in [0.1, 0.15) is 20.8 Å². The molecule has 0 saturated carbocycles. The molecule has 0 heterocycles. The second-order valence-corrected chi connectivity index (χ2v) is 2.56. The Labute approximate surface area is 115 Å². The number of carboxylic acids is 1. The molecule has 2 radical (unpaired) electrons. The van der Waals surface area contributed by atoms with Crippen molar-refractivity contribution in [2.75, 3.05) is 0 Å². The number of halogens is 4. The Kier molecular flexibility index (Phi) is 46.8. The van der Waals surface area contributed by atoms with Gasteiger partial charge in [0.05, 0.1) is 5.41 Å². The third-order valence-corrected chi connectivity index (χ3v) is 0.642. The summed E-state index contributed by atoms with van der Waals surface area (Å²) in [5, 5.41) is 8.25. The van der Waals surface area contributed by atoms with E-state index in [2.05, 4.69) is 0 Å². The van der Waals surface area contributed by atoms with Crippen LogP contribution in [0.25, 0.3) is 0 Å². The van der Waals surface area contributed by atoms with E-state index in [-0.39, 0.29) is 73.5 Å². The maximum atomic E-state index is 10.0. The Balaban J connectivity index is -0.0000000180. The molecule has 0 aromatic carbocycles. The second kappa shape index (κ2) is 14.9. The molecular formula is C5H16Cl4O2Sn. The Morgan fingerprint density at radius 2 is 1.08 bits per heavy atom. The van der Waals surface area contributed by atoms with E-state index in [0.717, 1.165) is 0 Å². The van der Waals surface area contributed by atoms with E-state index in [9.17, 15) is 4.79 Å². The first-order valence-corrected chi connectivity index (χ1v) is 2.18. The summed E-state index contributed by atoms with van der Waals surface area (Å²) in [4.78, 5) is 10.0. The van der Waals surface area contributed by atoms with Gasteiger partial charge in [-0.05, 0) is 20.8 Å². The molecule has 0 bridgehead atoms. The van der Waals surface area contributed by atoms with Crippen molar-refractivity contribution >= 4 is 79.5 Å². The van der Waals surface area contributed by atoms with Gasteiger partial charge in [-0.3, -0.25) is 4.79 Å². The summed E-state index contributed by atoms with van der Waals surface area (Å²) in [5.74, 6) is -0.757. The summed E-state index contributed by atoms with van der Waals surface area (Å²) in [6.07, 6.45) is 0. The predicted octanol–water partition coefficient (Wildman–Crippen LogP) is 1.89. The molecule has 0 aliphatic rings. The van der Waals surface area contributed by atoms with Crippen LogP contribution < -0.4 is 0 Å². The molecule has 0 aliphatic carbocycles. The summed E-state index contributed by atoms with van der Waals surface area (Å²) < 4.78 is 0. The average molecular weight is 369 g/mol. The van der Waals surface area contributed by atoms with Gasteiger partial charge in [-0.2, -0.15) is 0 Å². The summed E-state index contributed by atoms with van der Waals surface area (Å²) in [6, 6.07) is 0. The van der Waals surface area contributed by atoms with Gasteiger partial charge < -0.3 is 5.11 Å². The van der Waals surface area contributed by atoms with Gasteiger partial charge in [0.15, 0.2) is 0 Å².